The molecule has 0 radical (unpaired) electrons. The van der Waals surface area contributed by atoms with Crippen LogP contribution in [0.1, 0.15) is 27.7 Å². The SMILES string of the molecule is Cc1ccccc1[C@@H]1[C@H]2CN(CCn3cccn3)C[C@H]2CN1C(=O)c1ccnn1C. The van der Waals surface area contributed by atoms with Crippen LogP contribution >= 0.6 is 0 Å². The summed E-state index contributed by atoms with van der Waals surface area (Å²) in [5, 5.41) is 8.53. The van der Waals surface area contributed by atoms with Crippen molar-refractivity contribution in [2.24, 2.45) is 18.9 Å². The molecule has 1 amide bonds. The zero-order chi connectivity index (χ0) is 20.7. The van der Waals surface area contributed by atoms with Gasteiger partial charge < -0.3 is 9.80 Å². The number of benzene rings is 1. The summed E-state index contributed by atoms with van der Waals surface area (Å²) >= 11 is 0. The van der Waals surface area contributed by atoms with Crippen LogP contribution in [-0.2, 0) is 13.6 Å². The molecule has 7 nitrogen and oxygen atoms in total. The maximum atomic E-state index is 13.5. The molecule has 0 aliphatic carbocycles. The van der Waals surface area contributed by atoms with Crippen LogP contribution in [0.5, 0.6) is 0 Å². The Morgan fingerprint density at radius 2 is 1.90 bits per heavy atom. The molecular formula is C23H28N6O. The van der Waals surface area contributed by atoms with Crippen LogP contribution in [0.2, 0.25) is 0 Å². The third-order valence-electron chi connectivity index (χ3n) is 6.75. The standard InChI is InChI=1S/C23H28N6O/c1-17-6-3-4-7-19(17)22-20-16-27(12-13-28-11-5-9-25-28)14-18(20)15-29(22)23(30)21-8-10-24-26(21)2/h3-11,18,20,22H,12-16H2,1-2H3/t18-,20-,22+/m0/s1. The van der Waals surface area contributed by atoms with E-state index in [1.807, 2.05) is 36.3 Å². The average molecular weight is 405 g/mol. The Bertz CT molecular complexity index is 1030. The lowest BCUT2D eigenvalue weighted by Gasteiger charge is -2.31. The molecule has 5 rings (SSSR count). The number of likely N-dealkylation sites (tertiary alicyclic amines) is 2. The van der Waals surface area contributed by atoms with Crippen molar-refractivity contribution >= 4 is 5.91 Å². The van der Waals surface area contributed by atoms with E-state index < -0.39 is 0 Å². The van der Waals surface area contributed by atoms with Gasteiger partial charge in [0.1, 0.15) is 5.69 Å². The Morgan fingerprint density at radius 1 is 1.03 bits per heavy atom. The predicted octanol–water partition coefficient (Wildman–Crippen LogP) is 2.37. The minimum absolute atomic E-state index is 0.0840. The van der Waals surface area contributed by atoms with Gasteiger partial charge in [0.05, 0.1) is 12.6 Å². The van der Waals surface area contributed by atoms with Gasteiger partial charge in [-0.2, -0.15) is 10.2 Å². The second kappa shape index (κ2) is 7.72. The van der Waals surface area contributed by atoms with Gasteiger partial charge >= 0.3 is 0 Å². The molecule has 30 heavy (non-hydrogen) atoms. The molecule has 3 aromatic rings. The molecule has 0 bridgehead atoms. The lowest BCUT2D eigenvalue weighted by molar-refractivity contribution is 0.0688. The van der Waals surface area contributed by atoms with Gasteiger partial charge in [-0.1, -0.05) is 24.3 Å². The molecule has 0 saturated carbocycles. The van der Waals surface area contributed by atoms with E-state index in [1.54, 1.807) is 10.9 Å². The van der Waals surface area contributed by atoms with E-state index in [-0.39, 0.29) is 11.9 Å². The van der Waals surface area contributed by atoms with Gasteiger partial charge in [-0.05, 0) is 36.1 Å². The van der Waals surface area contributed by atoms with E-state index in [2.05, 4.69) is 51.2 Å². The molecule has 2 aliphatic rings. The number of carbonyl (C=O) groups excluding carboxylic acids is 1. The summed E-state index contributed by atoms with van der Waals surface area (Å²) in [7, 11) is 1.84. The summed E-state index contributed by atoms with van der Waals surface area (Å²) < 4.78 is 3.67. The van der Waals surface area contributed by atoms with E-state index in [4.69, 9.17) is 0 Å². The number of nitrogens with zero attached hydrogens (tertiary/aromatic N) is 6. The van der Waals surface area contributed by atoms with Crippen molar-refractivity contribution in [3.63, 3.8) is 0 Å². The summed E-state index contributed by atoms with van der Waals surface area (Å²) in [6.07, 6.45) is 5.54. The maximum absolute atomic E-state index is 13.5. The van der Waals surface area contributed by atoms with Crippen LogP contribution in [0.25, 0.3) is 0 Å². The molecule has 7 heteroatoms. The number of carbonyl (C=O) groups is 1. The van der Waals surface area contributed by atoms with Gasteiger partial charge in [0.15, 0.2) is 0 Å². The summed E-state index contributed by atoms with van der Waals surface area (Å²) in [6.45, 7) is 6.89. The van der Waals surface area contributed by atoms with Crippen LogP contribution in [0.4, 0.5) is 0 Å². The van der Waals surface area contributed by atoms with E-state index >= 15 is 0 Å². The highest BCUT2D eigenvalue weighted by Crippen LogP contribution is 2.46. The second-order valence-corrected chi connectivity index (χ2v) is 8.55. The van der Waals surface area contributed by atoms with Crippen LogP contribution < -0.4 is 0 Å². The number of fused-ring (bicyclic) bond motifs is 1. The van der Waals surface area contributed by atoms with Crippen molar-refractivity contribution in [3.8, 4) is 0 Å². The third kappa shape index (κ3) is 3.33. The normalized spacial score (nSPS) is 23.8. The van der Waals surface area contributed by atoms with Crippen molar-refractivity contribution in [2.75, 3.05) is 26.2 Å². The Balaban J connectivity index is 1.40. The summed E-state index contributed by atoms with van der Waals surface area (Å²) in [5.41, 5.74) is 3.18. The van der Waals surface area contributed by atoms with Crippen molar-refractivity contribution in [2.45, 2.75) is 19.5 Å². The lowest BCUT2D eigenvalue weighted by Crippen LogP contribution is -2.37. The zero-order valence-electron chi connectivity index (χ0n) is 17.6. The van der Waals surface area contributed by atoms with E-state index in [9.17, 15) is 4.79 Å². The minimum atomic E-state index is 0.0840. The Labute approximate surface area is 176 Å². The molecule has 0 unspecified atom stereocenters. The topological polar surface area (TPSA) is 59.2 Å². The van der Waals surface area contributed by atoms with Gasteiger partial charge in [-0.3, -0.25) is 14.2 Å². The summed E-state index contributed by atoms with van der Waals surface area (Å²) in [6, 6.07) is 12.4. The van der Waals surface area contributed by atoms with E-state index in [0.29, 0.717) is 17.5 Å². The van der Waals surface area contributed by atoms with Gasteiger partial charge in [-0.15, -0.1) is 0 Å². The minimum Gasteiger partial charge on any atom is -0.330 e. The Kier molecular flexibility index (Phi) is 4.90. The smallest absolute Gasteiger partial charge is 0.272 e. The molecule has 0 N–H and O–H groups in total. The molecule has 1 aromatic carbocycles. The Hall–Kier alpha value is -2.93. The van der Waals surface area contributed by atoms with E-state index in [0.717, 1.165) is 32.7 Å². The van der Waals surface area contributed by atoms with E-state index in [1.165, 1.54) is 11.1 Å². The monoisotopic (exact) mass is 404 g/mol. The lowest BCUT2D eigenvalue weighted by atomic mass is 9.87. The van der Waals surface area contributed by atoms with Crippen molar-refractivity contribution in [3.05, 3.63) is 71.8 Å². The van der Waals surface area contributed by atoms with Gasteiger partial charge in [0, 0.05) is 57.7 Å². The second-order valence-electron chi connectivity index (χ2n) is 8.55. The molecule has 0 spiro atoms. The highest BCUT2D eigenvalue weighted by molar-refractivity contribution is 5.93. The van der Waals surface area contributed by atoms with Crippen LogP contribution in [-0.4, -0.2) is 61.4 Å². The maximum Gasteiger partial charge on any atom is 0.272 e. The summed E-state index contributed by atoms with van der Waals surface area (Å²) in [5.74, 6) is 1.02. The number of hydrogen-bond acceptors (Lipinski definition) is 4. The van der Waals surface area contributed by atoms with Crippen LogP contribution in [0.15, 0.2) is 55.0 Å². The highest BCUT2D eigenvalue weighted by Gasteiger charge is 2.49. The number of aromatic nitrogens is 4. The van der Waals surface area contributed by atoms with Crippen molar-refractivity contribution < 1.29 is 4.79 Å². The molecule has 2 aliphatic heterocycles. The quantitative estimate of drug-likeness (QED) is 0.655. The zero-order valence-corrected chi connectivity index (χ0v) is 17.6. The fourth-order valence-electron chi connectivity index (χ4n) is 5.25. The highest BCUT2D eigenvalue weighted by atomic mass is 16.2. The van der Waals surface area contributed by atoms with Crippen LogP contribution in [0, 0.1) is 18.8 Å². The molecule has 156 valence electrons. The van der Waals surface area contributed by atoms with Crippen LogP contribution in [0.3, 0.4) is 0 Å². The first-order valence-corrected chi connectivity index (χ1v) is 10.7. The van der Waals surface area contributed by atoms with Gasteiger partial charge in [0.2, 0.25) is 0 Å². The van der Waals surface area contributed by atoms with Crippen molar-refractivity contribution in [1.29, 1.82) is 0 Å². The first kappa shape index (κ1) is 19.1. The fourth-order valence-corrected chi connectivity index (χ4v) is 5.25. The fraction of sp³-hybridized carbons (Fsp3) is 0.435. The predicted molar refractivity (Wildman–Crippen MR) is 114 cm³/mol. The third-order valence-corrected chi connectivity index (χ3v) is 6.75. The molecule has 3 atom stereocenters. The molecule has 4 heterocycles. The molecule has 2 saturated heterocycles. The van der Waals surface area contributed by atoms with Gasteiger partial charge in [-0.25, -0.2) is 0 Å². The number of aryl methyl sites for hydroxylation is 2. The molecule has 2 fully saturated rings. The first-order chi connectivity index (χ1) is 14.6. The van der Waals surface area contributed by atoms with Crippen molar-refractivity contribution in [1.82, 2.24) is 29.4 Å². The first-order valence-electron chi connectivity index (χ1n) is 10.7. The molecular weight excluding hydrogens is 376 g/mol. The molecule has 2 aromatic heterocycles. The largest absolute Gasteiger partial charge is 0.330 e. The Morgan fingerprint density at radius 3 is 2.63 bits per heavy atom. The number of rotatable bonds is 5. The number of hydrogen-bond donors (Lipinski definition) is 0. The average Bonchev–Trinajstić information content (AvgIpc) is 3.51. The van der Waals surface area contributed by atoms with Gasteiger partial charge in [0.25, 0.3) is 5.91 Å². The summed E-state index contributed by atoms with van der Waals surface area (Å²) in [4.78, 5) is 18.1. The number of amides is 1.